The number of anilines is 1. The highest BCUT2D eigenvalue weighted by atomic mass is 32.2. The fourth-order valence-corrected chi connectivity index (χ4v) is 4.65. The summed E-state index contributed by atoms with van der Waals surface area (Å²) in [6.45, 7) is 4.27. The second-order valence-electron chi connectivity index (χ2n) is 6.90. The van der Waals surface area contributed by atoms with E-state index in [1.807, 2.05) is 61.0 Å². The molecule has 6 heteroatoms. The van der Waals surface area contributed by atoms with E-state index in [1.54, 1.807) is 11.8 Å². The lowest BCUT2D eigenvalue weighted by Gasteiger charge is -2.16. The molecule has 1 amide bonds. The highest BCUT2D eigenvalue weighted by Crippen LogP contribution is 2.44. The van der Waals surface area contributed by atoms with Crippen molar-refractivity contribution in [3.8, 4) is 23.8 Å². The van der Waals surface area contributed by atoms with Crippen LogP contribution in [-0.2, 0) is 4.79 Å². The second-order valence-corrected chi connectivity index (χ2v) is 7.99. The molecule has 0 spiro atoms. The number of thioether (sulfide) groups is 1. The van der Waals surface area contributed by atoms with Gasteiger partial charge in [0.2, 0.25) is 5.91 Å². The van der Waals surface area contributed by atoms with Crippen LogP contribution in [0.15, 0.2) is 48.5 Å². The van der Waals surface area contributed by atoms with E-state index in [-0.39, 0.29) is 17.8 Å². The molecular formula is C23H21N3O2S. The van der Waals surface area contributed by atoms with E-state index in [4.69, 9.17) is 16.3 Å². The van der Waals surface area contributed by atoms with E-state index in [2.05, 4.69) is 17.3 Å². The van der Waals surface area contributed by atoms with Gasteiger partial charge in [-0.15, -0.1) is 18.2 Å². The van der Waals surface area contributed by atoms with E-state index in [1.165, 1.54) is 0 Å². The van der Waals surface area contributed by atoms with Crippen molar-refractivity contribution in [2.45, 2.75) is 19.1 Å². The molecule has 2 aromatic carbocycles. The molecule has 0 aliphatic carbocycles. The summed E-state index contributed by atoms with van der Waals surface area (Å²) in [6, 6.07) is 16.0. The first-order valence-electron chi connectivity index (χ1n) is 9.31. The molecule has 5 nitrogen and oxygen atoms in total. The number of carbonyl (C=O) groups is 1. The third kappa shape index (κ3) is 3.87. The molecule has 29 heavy (non-hydrogen) atoms. The predicted molar refractivity (Wildman–Crippen MR) is 117 cm³/mol. The monoisotopic (exact) mass is 403 g/mol. The number of amides is 1. The maximum absolute atomic E-state index is 12.4. The standard InChI is InChI=1S/C23H21N3O2S/c1-4-12-28-19-10-8-17(9-11-19)22-21-16(3)25-26(18-7-5-6-15(2)13-18)23(21)24-20(27)14-29-22/h1,5-11,13,22H,12,14H2,2-3H3,(H,24,27)/t22-/m0/s1. The number of aryl methyl sites for hydroxylation is 2. The molecule has 146 valence electrons. The van der Waals surface area contributed by atoms with Crippen molar-refractivity contribution in [3.05, 3.63) is 70.9 Å². The first-order valence-corrected chi connectivity index (χ1v) is 10.4. The van der Waals surface area contributed by atoms with Crippen molar-refractivity contribution < 1.29 is 9.53 Å². The van der Waals surface area contributed by atoms with Gasteiger partial charge in [0.05, 0.1) is 22.4 Å². The van der Waals surface area contributed by atoms with E-state index in [0.717, 1.165) is 39.6 Å². The van der Waals surface area contributed by atoms with Crippen molar-refractivity contribution in [1.82, 2.24) is 9.78 Å². The van der Waals surface area contributed by atoms with Gasteiger partial charge in [0, 0.05) is 5.56 Å². The summed E-state index contributed by atoms with van der Waals surface area (Å²) in [6.07, 6.45) is 5.26. The van der Waals surface area contributed by atoms with Crippen molar-refractivity contribution in [2.75, 3.05) is 17.7 Å². The first kappa shape index (κ1) is 19.2. The van der Waals surface area contributed by atoms with Crippen LogP contribution >= 0.6 is 11.8 Å². The van der Waals surface area contributed by atoms with Gasteiger partial charge in [0.25, 0.3) is 0 Å². The molecular weight excluding hydrogens is 382 g/mol. The van der Waals surface area contributed by atoms with E-state index < -0.39 is 0 Å². The number of carbonyl (C=O) groups excluding carboxylic acids is 1. The van der Waals surface area contributed by atoms with Gasteiger partial charge in [-0.3, -0.25) is 4.79 Å². The number of ether oxygens (including phenoxy) is 1. The van der Waals surface area contributed by atoms with Gasteiger partial charge in [-0.1, -0.05) is 30.2 Å². The number of nitrogens with zero attached hydrogens (tertiary/aromatic N) is 2. The topological polar surface area (TPSA) is 56.1 Å². The number of fused-ring (bicyclic) bond motifs is 1. The van der Waals surface area contributed by atoms with Crippen LogP contribution < -0.4 is 10.1 Å². The van der Waals surface area contributed by atoms with Gasteiger partial charge in [0.15, 0.2) is 0 Å². The van der Waals surface area contributed by atoms with E-state index >= 15 is 0 Å². The van der Waals surface area contributed by atoms with Crippen LogP contribution in [0.3, 0.4) is 0 Å². The van der Waals surface area contributed by atoms with Crippen molar-refractivity contribution >= 4 is 23.5 Å². The number of hydrogen-bond acceptors (Lipinski definition) is 4. The lowest BCUT2D eigenvalue weighted by molar-refractivity contribution is -0.113. The Kier molecular flexibility index (Phi) is 5.32. The lowest BCUT2D eigenvalue weighted by Crippen LogP contribution is -2.15. The van der Waals surface area contributed by atoms with Gasteiger partial charge in [-0.2, -0.15) is 5.10 Å². The van der Waals surface area contributed by atoms with Crippen molar-refractivity contribution in [3.63, 3.8) is 0 Å². The Bertz CT molecular complexity index is 1100. The van der Waals surface area contributed by atoms with Gasteiger partial charge < -0.3 is 10.1 Å². The molecule has 0 radical (unpaired) electrons. The number of terminal acetylenes is 1. The number of aromatic nitrogens is 2. The second kappa shape index (κ2) is 8.06. The normalized spacial score (nSPS) is 15.8. The highest BCUT2D eigenvalue weighted by molar-refractivity contribution is 8.00. The Hall–Kier alpha value is -3.17. The summed E-state index contributed by atoms with van der Waals surface area (Å²) in [7, 11) is 0. The van der Waals surface area contributed by atoms with Crippen LogP contribution in [0.5, 0.6) is 5.75 Å². The Balaban J connectivity index is 1.78. The van der Waals surface area contributed by atoms with Crippen LogP contribution in [0.2, 0.25) is 0 Å². The zero-order valence-electron chi connectivity index (χ0n) is 16.3. The minimum atomic E-state index is -0.0264. The molecule has 4 rings (SSSR count). The lowest BCUT2D eigenvalue weighted by atomic mass is 10.0. The van der Waals surface area contributed by atoms with Crippen LogP contribution in [0.25, 0.3) is 5.69 Å². The number of benzene rings is 2. The minimum Gasteiger partial charge on any atom is -0.481 e. The van der Waals surface area contributed by atoms with Crippen LogP contribution in [0.4, 0.5) is 5.82 Å². The zero-order valence-corrected chi connectivity index (χ0v) is 17.1. The van der Waals surface area contributed by atoms with Crippen molar-refractivity contribution in [2.24, 2.45) is 0 Å². The molecule has 0 bridgehead atoms. The third-order valence-corrected chi connectivity index (χ3v) is 6.03. The van der Waals surface area contributed by atoms with Gasteiger partial charge in [-0.05, 0) is 49.2 Å². The van der Waals surface area contributed by atoms with Gasteiger partial charge >= 0.3 is 0 Å². The number of nitrogens with one attached hydrogen (secondary N) is 1. The quantitative estimate of drug-likeness (QED) is 0.661. The third-order valence-electron chi connectivity index (χ3n) is 4.76. The highest BCUT2D eigenvalue weighted by Gasteiger charge is 2.30. The van der Waals surface area contributed by atoms with Gasteiger partial charge in [-0.25, -0.2) is 4.68 Å². The number of rotatable bonds is 4. The Labute approximate surface area is 174 Å². The molecule has 0 fully saturated rings. The van der Waals surface area contributed by atoms with E-state index in [0.29, 0.717) is 5.75 Å². The van der Waals surface area contributed by atoms with Crippen molar-refractivity contribution in [1.29, 1.82) is 0 Å². The van der Waals surface area contributed by atoms with Crippen LogP contribution in [0.1, 0.15) is 27.6 Å². The largest absolute Gasteiger partial charge is 0.481 e. The number of hydrogen-bond donors (Lipinski definition) is 1. The first-order chi connectivity index (χ1) is 14.1. The average Bonchev–Trinajstić information content (AvgIpc) is 2.92. The molecule has 2 heterocycles. The molecule has 1 aliphatic heterocycles. The summed E-state index contributed by atoms with van der Waals surface area (Å²) in [5.41, 5.74) is 5.08. The molecule has 3 aromatic rings. The average molecular weight is 404 g/mol. The van der Waals surface area contributed by atoms with Gasteiger partial charge in [0.1, 0.15) is 18.2 Å². The smallest absolute Gasteiger partial charge is 0.235 e. The minimum absolute atomic E-state index is 0.0100. The SMILES string of the molecule is C#CCOc1ccc([C@@H]2SCC(=O)Nc3c2c(C)nn3-c2cccc(C)c2)cc1. The van der Waals surface area contributed by atoms with Crippen LogP contribution in [-0.4, -0.2) is 28.0 Å². The maximum atomic E-state index is 12.4. The molecule has 0 unspecified atom stereocenters. The summed E-state index contributed by atoms with van der Waals surface area (Å²) >= 11 is 1.60. The van der Waals surface area contributed by atoms with E-state index in [9.17, 15) is 4.79 Å². The Morgan fingerprint density at radius 1 is 1.28 bits per heavy atom. The fourth-order valence-electron chi connectivity index (χ4n) is 3.46. The predicted octanol–water partition coefficient (Wildman–Crippen LogP) is 4.28. The zero-order chi connectivity index (χ0) is 20.4. The maximum Gasteiger partial charge on any atom is 0.235 e. The molecule has 1 aromatic heterocycles. The van der Waals surface area contributed by atoms with Crippen LogP contribution in [0, 0.1) is 26.2 Å². The Morgan fingerprint density at radius 2 is 2.07 bits per heavy atom. The summed E-state index contributed by atoms with van der Waals surface area (Å²) in [5.74, 6) is 4.28. The molecule has 0 saturated carbocycles. The summed E-state index contributed by atoms with van der Waals surface area (Å²) < 4.78 is 7.31. The molecule has 1 aliphatic rings. The summed E-state index contributed by atoms with van der Waals surface area (Å²) in [4.78, 5) is 12.4. The molecule has 0 saturated heterocycles. The molecule has 1 N–H and O–H groups in total. The Morgan fingerprint density at radius 3 is 2.79 bits per heavy atom. The molecule has 1 atom stereocenters. The summed E-state index contributed by atoms with van der Waals surface area (Å²) in [5, 5.41) is 7.81. The fraction of sp³-hybridized carbons (Fsp3) is 0.217.